The molecule has 0 N–H and O–H groups in total. The zero-order valence-corrected chi connectivity index (χ0v) is 7.35. The highest BCUT2D eigenvalue weighted by Crippen LogP contribution is 2.09. The molecule has 0 bridgehead atoms. The summed E-state index contributed by atoms with van der Waals surface area (Å²) in [5.41, 5.74) is -0.157. The molecule has 2 nitrogen and oxygen atoms in total. The Labute approximate surface area is 63.3 Å². The molecule has 0 heterocycles. The molecule has 0 fully saturated rings. The minimum Gasteiger partial charge on any atom is -0.373 e. The van der Waals surface area contributed by atoms with Gasteiger partial charge >= 0.3 is 0 Å². The number of aliphatic imine (C=N–C) groups is 1. The predicted octanol–water partition coefficient (Wildman–Crippen LogP) is 1.89. The number of methoxy groups -OCH3 is 1. The van der Waals surface area contributed by atoms with Crippen molar-refractivity contribution >= 4 is 6.21 Å². The molecular formula is C8H17NO. The Bertz CT molecular complexity index is 106. The first kappa shape index (κ1) is 9.63. The van der Waals surface area contributed by atoms with Gasteiger partial charge in [0.05, 0.1) is 5.60 Å². The van der Waals surface area contributed by atoms with Crippen molar-refractivity contribution in [1.29, 1.82) is 0 Å². The molecule has 0 aliphatic heterocycles. The van der Waals surface area contributed by atoms with Crippen LogP contribution in [0.15, 0.2) is 4.99 Å². The zero-order chi connectivity index (χ0) is 8.04. The first-order chi connectivity index (χ1) is 4.68. The molecule has 0 saturated heterocycles. The quantitative estimate of drug-likeness (QED) is 0.551. The molecule has 0 radical (unpaired) electrons. The largest absolute Gasteiger partial charge is 0.373 e. The highest BCUT2D eigenvalue weighted by Gasteiger charge is 2.16. The maximum absolute atomic E-state index is 5.24. The first-order valence-corrected chi connectivity index (χ1v) is 3.74. The van der Waals surface area contributed by atoms with E-state index in [0.717, 1.165) is 13.0 Å². The van der Waals surface area contributed by atoms with Gasteiger partial charge in [0.1, 0.15) is 0 Å². The van der Waals surface area contributed by atoms with E-state index in [1.165, 1.54) is 0 Å². The third-order valence-corrected chi connectivity index (χ3v) is 1.72. The van der Waals surface area contributed by atoms with Gasteiger partial charge in [-0.05, 0) is 20.3 Å². The van der Waals surface area contributed by atoms with Gasteiger partial charge in [0, 0.05) is 19.9 Å². The van der Waals surface area contributed by atoms with Crippen molar-refractivity contribution in [2.75, 3.05) is 13.7 Å². The molecular weight excluding hydrogens is 126 g/mol. The molecule has 0 aromatic heterocycles. The van der Waals surface area contributed by atoms with Crippen LogP contribution in [0.1, 0.15) is 27.2 Å². The Kier molecular flexibility index (Phi) is 4.28. The van der Waals surface area contributed by atoms with E-state index in [9.17, 15) is 0 Å². The predicted molar refractivity (Wildman–Crippen MR) is 44.7 cm³/mol. The van der Waals surface area contributed by atoms with Crippen LogP contribution in [0.2, 0.25) is 0 Å². The van der Waals surface area contributed by atoms with Crippen LogP contribution in [-0.4, -0.2) is 25.5 Å². The van der Waals surface area contributed by atoms with Crippen molar-refractivity contribution < 1.29 is 4.74 Å². The van der Waals surface area contributed by atoms with Crippen molar-refractivity contribution in [3.8, 4) is 0 Å². The second kappa shape index (κ2) is 4.45. The van der Waals surface area contributed by atoms with Gasteiger partial charge in [-0.25, -0.2) is 0 Å². The number of hydrogen-bond donors (Lipinski definition) is 0. The zero-order valence-electron chi connectivity index (χ0n) is 7.35. The summed E-state index contributed by atoms with van der Waals surface area (Å²) in [5.74, 6) is 0. The second-order valence-electron chi connectivity index (χ2n) is 2.50. The van der Waals surface area contributed by atoms with Gasteiger partial charge < -0.3 is 4.74 Å². The summed E-state index contributed by atoms with van der Waals surface area (Å²) in [6.45, 7) is 6.97. The second-order valence-corrected chi connectivity index (χ2v) is 2.50. The molecule has 2 heteroatoms. The van der Waals surface area contributed by atoms with Crippen LogP contribution < -0.4 is 0 Å². The monoisotopic (exact) mass is 143 g/mol. The topological polar surface area (TPSA) is 21.6 Å². The van der Waals surface area contributed by atoms with Crippen molar-refractivity contribution in [1.82, 2.24) is 0 Å². The summed E-state index contributed by atoms with van der Waals surface area (Å²) < 4.78 is 5.24. The molecule has 60 valence electrons. The fourth-order valence-electron chi connectivity index (χ4n) is 0.573. The Morgan fingerprint density at radius 2 is 2.10 bits per heavy atom. The molecule has 0 aromatic rings. The molecule has 0 aliphatic rings. The van der Waals surface area contributed by atoms with Gasteiger partial charge in [-0.3, -0.25) is 4.99 Å². The summed E-state index contributed by atoms with van der Waals surface area (Å²) in [6.07, 6.45) is 2.85. The molecule has 0 spiro atoms. The molecule has 0 amide bonds. The molecule has 0 saturated carbocycles. The Morgan fingerprint density at radius 3 is 2.40 bits per heavy atom. The number of nitrogens with zero attached hydrogens (tertiary/aromatic N) is 1. The van der Waals surface area contributed by atoms with Crippen LogP contribution in [0.5, 0.6) is 0 Å². The van der Waals surface area contributed by atoms with E-state index in [0.29, 0.717) is 0 Å². The van der Waals surface area contributed by atoms with E-state index in [1.54, 1.807) is 7.11 Å². The van der Waals surface area contributed by atoms with E-state index >= 15 is 0 Å². The summed E-state index contributed by atoms with van der Waals surface area (Å²) in [4.78, 5) is 4.14. The van der Waals surface area contributed by atoms with Crippen LogP contribution in [0.3, 0.4) is 0 Å². The lowest BCUT2D eigenvalue weighted by atomic mass is 10.1. The number of hydrogen-bond acceptors (Lipinski definition) is 2. The maximum Gasteiger partial charge on any atom is 0.0993 e. The fraction of sp³-hybridized carbons (Fsp3) is 0.875. The lowest BCUT2D eigenvalue weighted by molar-refractivity contribution is 0.0673. The fourth-order valence-corrected chi connectivity index (χ4v) is 0.573. The summed E-state index contributed by atoms with van der Waals surface area (Å²) in [5, 5.41) is 0. The van der Waals surface area contributed by atoms with E-state index < -0.39 is 0 Å². The number of rotatable bonds is 4. The molecule has 0 rings (SSSR count). The summed E-state index contributed by atoms with van der Waals surface area (Å²) >= 11 is 0. The van der Waals surface area contributed by atoms with Crippen LogP contribution in [0, 0.1) is 0 Å². The SMILES string of the molecule is CCN=CC(C)(CC)OC. The Balaban J connectivity index is 3.92. The van der Waals surface area contributed by atoms with Crippen LogP contribution in [0.4, 0.5) is 0 Å². The van der Waals surface area contributed by atoms with Gasteiger partial charge in [-0.1, -0.05) is 6.92 Å². The summed E-state index contributed by atoms with van der Waals surface area (Å²) in [6, 6.07) is 0. The molecule has 0 aliphatic carbocycles. The minimum atomic E-state index is -0.157. The lowest BCUT2D eigenvalue weighted by Gasteiger charge is -2.20. The average molecular weight is 143 g/mol. The number of ether oxygens (including phenoxy) is 1. The first-order valence-electron chi connectivity index (χ1n) is 3.74. The smallest absolute Gasteiger partial charge is 0.0993 e. The van der Waals surface area contributed by atoms with Gasteiger partial charge in [0.15, 0.2) is 0 Å². The van der Waals surface area contributed by atoms with Crippen molar-refractivity contribution in [2.24, 2.45) is 4.99 Å². The third-order valence-electron chi connectivity index (χ3n) is 1.72. The Hall–Kier alpha value is -0.370. The van der Waals surface area contributed by atoms with Gasteiger partial charge in [0.25, 0.3) is 0 Å². The Morgan fingerprint density at radius 1 is 1.50 bits per heavy atom. The molecule has 1 atom stereocenters. The van der Waals surface area contributed by atoms with Crippen LogP contribution in [0.25, 0.3) is 0 Å². The molecule has 0 aromatic carbocycles. The lowest BCUT2D eigenvalue weighted by Crippen LogP contribution is -2.27. The van der Waals surface area contributed by atoms with Crippen molar-refractivity contribution in [3.05, 3.63) is 0 Å². The van der Waals surface area contributed by atoms with E-state index in [4.69, 9.17) is 4.74 Å². The van der Waals surface area contributed by atoms with Crippen molar-refractivity contribution in [3.63, 3.8) is 0 Å². The summed E-state index contributed by atoms with van der Waals surface area (Å²) in [7, 11) is 1.71. The molecule has 10 heavy (non-hydrogen) atoms. The minimum absolute atomic E-state index is 0.157. The third kappa shape index (κ3) is 2.97. The van der Waals surface area contributed by atoms with Crippen LogP contribution >= 0.6 is 0 Å². The van der Waals surface area contributed by atoms with Gasteiger partial charge in [-0.2, -0.15) is 0 Å². The standard InChI is InChI=1S/C8H17NO/c1-5-8(3,10-4)7-9-6-2/h7H,5-6H2,1-4H3. The van der Waals surface area contributed by atoms with Crippen LogP contribution in [-0.2, 0) is 4.74 Å². The molecule has 1 unspecified atom stereocenters. The maximum atomic E-state index is 5.24. The average Bonchev–Trinajstić information content (AvgIpc) is 2.00. The van der Waals surface area contributed by atoms with Crippen molar-refractivity contribution in [2.45, 2.75) is 32.8 Å². The van der Waals surface area contributed by atoms with Gasteiger partial charge in [0.2, 0.25) is 0 Å². The van der Waals surface area contributed by atoms with E-state index in [1.807, 2.05) is 20.1 Å². The highest BCUT2D eigenvalue weighted by atomic mass is 16.5. The highest BCUT2D eigenvalue weighted by molar-refractivity contribution is 5.67. The van der Waals surface area contributed by atoms with E-state index in [2.05, 4.69) is 11.9 Å². The van der Waals surface area contributed by atoms with Gasteiger partial charge in [-0.15, -0.1) is 0 Å². The van der Waals surface area contributed by atoms with E-state index in [-0.39, 0.29) is 5.60 Å². The normalized spacial score (nSPS) is 17.6.